The maximum absolute atomic E-state index is 13.3. The molecule has 0 aliphatic carbocycles. The fourth-order valence-electron chi connectivity index (χ4n) is 7.06. The van der Waals surface area contributed by atoms with Crippen molar-refractivity contribution in [1.29, 1.82) is 0 Å². The quantitative estimate of drug-likeness (QED) is 0.107. The molecule has 6 aromatic carbocycles. The summed E-state index contributed by atoms with van der Waals surface area (Å²) in [7, 11) is 0. The molecule has 1 atom stereocenters. The minimum Gasteiger partial charge on any atom is -0.482 e. The molecule has 4 nitrogen and oxygen atoms in total. The van der Waals surface area contributed by atoms with Crippen molar-refractivity contribution in [2.24, 2.45) is 0 Å². The number of hydrogen-bond donors (Lipinski definition) is 0. The van der Waals surface area contributed by atoms with E-state index in [-0.39, 0.29) is 17.0 Å². The van der Waals surface area contributed by atoms with Gasteiger partial charge in [0.25, 0.3) is 0 Å². The molecule has 0 aromatic heterocycles. The summed E-state index contributed by atoms with van der Waals surface area (Å²) in [6.07, 6.45) is 3.92. The molecule has 0 bridgehead atoms. The highest BCUT2D eigenvalue weighted by Crippen LogP contribution is 2.39. The van der Waals surface area contributed by atoms with Gasteiger partial charge in [-0.3, -0.25) is 9.59 Å². The lowest BCUT2D eigenvalue weighted by Crippen LogP contribution is -2.29. The second kappa shape index (κ2) is 15.4. The molecular weight excluding hydrogens is 641 g/mol. The molecule has 6 aromatic rings. The van der Waals surface area contributed by atoms with Gasteiger partial charge in [0, 0.05) is 33.0 Å². The predicted molar refractivity (Wildman–Crippen MR) is 212 cm³/mol. The lowest BCUT2D eigenvalue weighted by atomic mass is 9.80. The first-order valence-electron chi connectivity index (χ1n) is 18.4. The van der Waals surface area contributed by atoms with Crippen molar-refractivity contribution >= 4 is 22.3 Å². The van der Waals surface area contributed by atoms with Crippen LogP contribution in [0.25, 0.3) is 10.8 Å². The summed E-state index contributed by atoms with van der Waals surface area (Å²) in [5.41, 5.74) is 5.44. The van der Waals surface area contributed by atoms with E-state index in [4.69, 9.17) is 9.47 Å². The van der Waals surface area contributed by atoms with E-state index in [1.807, 2.05) is 128 Å². The van der Waals surface area contributed by atoms with Crippen LogP contribution in [0.3, 0.4) is 0 Å². The van der Waals surface area contributed by atoms with Crippen LogP contribution < -0.4 is 9.47 Å². The van der Waals surface area contributed by atoms with Gasteiger partial charge in [0.05, 0.1) is 0 Å². The molecular formula is C48H48O4. The number of aryl methyl sites for hydroxylation is 1. The minimum absolute atomic E-state index is 0.00383. The van der Waals surface area contributed by atoms with Crippen molar-refractivity contribution in [3.63, 3.8) is 0 Å². The molecule has 6 rings (SSSR count). The number of rotatable bonds is 14. The summed E-state index contributed by atoms with van der Waals surface area (Å²) in [6, 6.07) is 42.8. The van der Waals surface area contributed by atoms with Crippen LogP contribution in [0.4, 0.5) is 0 Å². The summed E-state index contributed by atoms with van der Waals surface area (Å²) in [5.74, 6) is 2.08. The van der Waals surface area contributed by atoms with Crippen molar-refractivity contribution in [2.75, 3.05) is 0 Å². The zero-order chi connectivity index (χ0) is 36.9. The van der Waals surface area contributed by atoms with E-state index < -0.39 is 5.60 Å². The molecule has 0 radical (unpaired) electrons. The van der Waals surface area contributed by atoms with Crippen molar-refractivity contribution in [2.45, 2.75) is 78.2 Å². The van der Waals surface area contributed by atoms with Gasteiger partial charge >= 0.3 is 0 Å². The molecule has 0 saturated heterocycles. The van der Waals surface area contributed by atoms with Crippen molar-refractivity contribution in [1.82, 2.24) is 0 Å². The van der Waals surface area contributed by atoms with E-state index in [2.05, 4.69) is 46.8 Å². The first-order valence-corrected chi connectivity index (χ1v) is 18.4. The Balaban J connectivity index is 1.20. The number of ketones is 2. The van der Waals surface area contributed by atoms with E-state index in [0.717, 1.165) is 53.3 Å². The number of ether oxygens (including phenoxy) is 2. The number of carbonyl (C=O) groups excluding carboxylic acids is 2. The Kier molecular flexibility index (Phi) is 10.8. The van der Waals surface area contributed by atoms with E-state index in [1.165, 1.54) is 5.56 Å². The summed E-state index contributed by atoms with van der Waals surface area (Å²) in [5, 5.41) is 1.86. The van der Waals surface area contributed by atoms with Crippen molar-refractivity contribution < 1.29 is 19.1 Å². The van der Waals surface area contributed by atoms with Crippen molar-refractivity contribution in [3.05, 3.63) is 172 Å². The zero-order valence-electron chi connectivity index (χ0n) is 31.2. The van der Waals surface area contributed by atoms with Crippen LogP contribution in [0.1, 0.15) is 109 Å². The van der Waals surface area contributed by atoms with Gasteiger partial charge in [-0.15, -0.1) is 0 Å². The number of hydrogen-bond acceptors (Lipinski definition) is 4. The number of fused-ring (bicyclic) bond motifs is 1. The third-order valence-corrected chi connectivity index (χ3v) is 10.1. The first-order chi connectivity index (χ1) is 25.0. The molecule has 0 fully saturated rings. The van der Waals surface area contributed by atoms with Gasteiger partial charge in [0.15, 0.2) is 11.6 Å². The molecule has 0 heterocycles. The van der Waals surface area contributed by atoms with Crippen LogP contribution in [-0.4, -0.2) is 11.6 Å². The van der Waals surface area contributed by atoms with Crippen molar-refractivity contribution in [3.8, 4) is 17.2 Å². The van der Waals surface area contributed by atoms with Gasteiger partial charge in [0.1, 0.15) is 22.8 Å². The topological polar surface area (TPSA) is 52.6 Å². The Hall–Kier alpha value is -5.48. The van der Waals surface area contributed by atoms with Gasteiger partial charge in [-0.25, -0.2) is 0 Å². The van der Waals surface area contributed by atoms with Gasteiger partial charge in [0.2, 0.25) is 0 Å². The summed E-state index contributed by atoms with van der Waals surface area (Å²) in [4.78, 5) is 26.5. The average Bonchev–Trinajstić information content (AvgIpc) is 3.15. The lowest BCUT2D eigenvalue weighted by Gasteiger charge is -2.32. The largest absolute Gasteiger partial charge is 0.482 e. The monoisotopic (exact) mass is 688 g/mol. The van der Waals surface area contributed by atoms with Gasteiger partial charge < -0.3 is 9.47 Å². The van der Waals surface area contributed by atoms with Crippen LogP contribution in [0.5, 0.6) is 17.2 Å². The molecule has 0 aliphatic heterocycles. The highest BCUT2D eigenvalue weighted by atomic mass is 16.5. The van der Waals surface area contributed by atoms with E-state index in [9.17, 15) is 9.59 Å². The molecule has 1 unspecified atom stereocenters. The fraction of sp³-hybridized carbons (Fsp3) is 0.250. The smallest absolute Gasteiger partial charge is 0.193 e. The Morgan fingerprint density at radius 3 is 1.48 bits per heavy atom. The molecule has 0 spiro atoms. The predicted octanol–water partition coefficient (Wildman–Crippen LogP) is 12.6. The SMILES string of the molecule is CCCC(C)(C)c1ccc(C(=O)c2ccc(Oc3cccc4c(OC(C)(CCC)c5ccc(C(=O)c6ccc(C)cc6)cc5)cccc34)cc2)cc1. The molecule has 52 heavy (non-hydrogen) atoms. The summed E-state index contributed by atoms with van der Waals surface area (Å²) < 4.78 is 13.3. The number of carbonyl (C=O) groups is 2. The molecule has 0 amide bonds. The Morgan fingerprint density at radius 2 is 0.962 bits per heavy atom. The average molecular weight is 689 g/mol. The van der Waals surface area contributed by atoms with Crippen LogP contribution in [-0.2, 0) is 11.0 Å². The van der Waals surface area contributed by atoms with Crippen LogP contribution in [0.15, 0.2) is 133 Å². The zero-order valence-corrected chi connectivity index (χ0v) is 31.2. The lowest BCUT2D eigenvalue weighted by molar-refractivity contribution is 0.0779. The van der Waals surface area contributed by atoms with E-state index in [1.54, 1.807) is 0 Å². The minimum atomic E-state index is -0.625. The molecule has 0 saturated carbocycles. The second-order valence-electron chi connectivity index (χ2n) is 14.6. The van der Waals surface area contributed by atoms with Gasteiger partial charge in [-0.1, -0.05) is 143 Å². The summed E-state index contributed by atoms with van der Waals surface area (Å²) in [6.45, 7) is 13.0. The maximum Gasteiger partial charge on any atom is 0.193 e. The normalized spacial score (nSPS) is 12.7. The Bertz CT molecular complexity index is 2160. The molecule has 0 N–H and O–H groups in total. The van der Waals surface area contributed by atoms with Gasteiger partial charge in [-0.05, 0) is 79.6 Å². The first kappa shape index (κ1) is 36.3. The molecule has 0 aliphatic rings. The maximum atomic E-state index is 13.3. The van der Waals surface area contributed by atoms with Crippen LogP contribution in [0.2, 0.25) is 0 Å². The summed E-state index contributed by atoms with van der Waals surface area (Å²) >= 11 is 0. The highest BCUT2D eigenvalue weighted by Gasteiger charge is 2.29. The van der Waals surface area contributed by atoms with E-state index >= 15 is 0 Å². The number of benzene rings is 6. The van der Waals surface area contributed by atoms with Crippen LogP contribution >= 0.6 is 0 Å². The molecule has 264 valence electrons. The second-order valence-corrected chi connectivity index (χ2v) is 14.6. The van der Waals surface area contributed by atoms with Gasteiger partial charge in [-0.2, -0.15) is 0 Å². The standard InChI is InChI=1S/C48H48O4/c1-7-31-47(4,5)38-25-19-35(20-26-38)46(50)37-23-29-40(30-24-37)51-43-13-9-12-42-41(43)11-10-14-44(42)52-48(6,32-8-2)39-27-21-36(22-28-39)45(49)34-17-15-33(3)16-18-34/h9-30H,7-8,31-32H2,1-6H3. The fourth-order valence-corrected chi connectivity index (χ4v) is 7.06. The van der Waals surface area contributed by atoms with E-state index in [0.29, 0.717) is 33.8 Å². The highest BCUT2D eigenvalue weighted by molar-refractivity contribution is 6.09. The third-order valence-electron chi connectivity index (χ3n) is 10.1. The molecule has 4 heteroatoms. The van der Waals surface area contributed by atoms with Crippen LogP contribution in [0, 0.1) is 6.92 Å². The Labute approximate surface area is 308 Å². The third kappa shape index (κ3) is 7.87. The Morgan fingerprint density at radius 1 is 0.519 bits per heavy atom.